The number of nitrogens with one attached hydrogen (secondary N) is 1. The summed E-state index contributed by atoms with van der Waals surface area (Å²) in [6, 6.07) is -1.03. The zero-order chi connectivity index (χ0) is 15.7. The standard InChI is InChI=1S/C14H26N2O4S/c1-3-5-8-20-9-7-15-14(19)16-11(13(17)18)10-21-12(16)6-4-2/h11-12H,3-10H2,1-2H3,(H,15,19)(H,17,18). The summed E-state index contributed by atoms with van der Waals surface area (Å²) in [4.78, 5) is 24.9. The first-order valence-electron chi connectivity index (χ1n) is 7.60. The molecule has 0 aromatic rings. The molecule has 1 saturated heterocycles. The average Bonchev–Trinajstić information content (AvgIpc) is 2.87. The van der Waals surface area contributed by atoms with Gasteiger partial charge in [-0.15, -0.1) is 11.8 Å². The molecular formula is C14H26N2O4S. The zero-order valence-corrected chi connectivity index (χ0v) is 13.7. The van der Waals surface area contributed by atoms with Crippen molar-refractivity contribution in [3.05, 3.63) is 0 Å². The van der Waals surface area contributed by atoms with Crippen LogP contribution in [0.2, 0.25) is 0 Å². The van der Waals surface area contributed by atoms with E-state index < -0.39 is 12.0 Å². The lowest BCUT2D eigenvalue weighted by Crippen LogP contribution is -2.50. The second-order valence-electron chi connectivity index (χ2n) is 5.04. The molecule has 1 fully saturated rings. The number of carboxylic acid groups (broad SMARTS) is 1. The second-order valence-corrected chi connectivity index (χ2v) is 6.25. The molecule has 122 valence electrons. The van der Waals surface area contributed by atoms with Crippen LogP contribution in [-0.2, 0) is 9.53 Å². The van der Waals surface area contributed by atoms with Gasteiger partial charge in [0.05, 0.1) is 12.0 Å². The van der Waals surface area contributed by atoms with Gasteiger partial charge < -0.3 is 15.2 Å². The molecule has 0 aliphatic carbocycles. The molecule has 7 heteroatoms. The lowest BCUT2D eigenvalue weighted by atomic mass is 10.2. The van der Waals surface area contributed by atoms with E-state index in [4.69, 9.17) is 4.74 Å². The summed E-state index contributed by atoms with van der Waals surface area (Å²) in [5.74, 6) is -0.476. The van der Waals surface area contributed by atoms with Crippen LogP contribution in [0.3, 0.4) is 0 Å². The first kappa shape index (κ1) is 18.1. The normalized spacial score (nSPS) is 21.5. The molecule has 2 unspecified atom stereocenters. The molecule has 2 amide bonds. The maximum atomic E-state index is 12.2. The average molecular weight is 318 g/mol. The van der Waals surface area contributed by atoms with Gasteiger partial charge in [0.25, 0.3) is 0 Å². The number of carbonyl (C=O) groups excluding carboxylic acids is 1. The minimum absolute atomic E-state index is 0.0443. The summed E-state index contributed by atoms with van der Waals surface area (Å²) in [7, 11) is 0. The van der Waals surface area contributed by atoms with Crippen molar-refractivity contribution < 1.29 is 19.4 Å². The number of ether oxygens (including phenoxy) is 1. The third kappa shape index (κ3) is 5.74. The van der Waals surface area contributed by atoms with Gasteiger partial charge in [0.1, 0.15) is 6.04 Å². The van der Waals surface area contributed by atoms with Crippen LogP contribution >= 0.6 is 11.8 Å². The molecule has 21 heavy (non-hydrogen) atoms. The molecule has 2 atom stereocenters. The maximum absolute atomic E-state index is 12.2. The molecule has 1 aliphatic heterocycles. The molecule has 0 spiro atoms. The van der Waals surface area contributed by atoms with Crippen molar-refractivity contribution in [3.63, 3.8) is 0 Å². The Morgan fingerprint density at radius 1 is 1.33 bits per heavy atom. The van der Waals surface area contributed by atoms with Gasteiger partial charge in [0.2, 0.25) is 0 Å². The molecule has 0 saturated carbocycles. The van der Waals surface area contributed by atoms with Gasteiger partial charge >= 0.3 is 12.0 Å². The molecular weight excluding hydrogens is 292 g/mol. The van der Waals surface area contributed by atoms with Crippen LogP contribution in [0.25, 0.3) is 0 Å². The van der Waals surface area contributed by atoms with Crippen LogP contribution in [0.5, 0.6) is 0 Å². The first-order chi connectivity index (χ1) is 10.1. The minimum atomic E-state index is -0.935. The molecule has 0 aromatic carbocycles. The summed E-state index contributed by atoms with van der Waals surface area (Å²) < 4.78 is 5.38. The number of hydrogen-bond donors (Lipinski definition) is 2. The number of unbranched alkanes of at least 4 members (excludes halogenated alkanes) is 1. The van der Waals surface area contributed by atoms with Crippen molar-refractivity contribution in [2.75, 3.05) is 25.5 Å². The van der Waals surface area contributed by atoms with Gasteiger partial charge in [-0.25, -0.2) is 9.59 Å². The van der Waals surface area contributed by atoms with Gasteiger partial charge in [0.15, 0.2) is 0 Å². The highest BCUT2D eigenvalue weighted by Crippen LogP contribution is 2.32. The number of nitrogens with zero attached hydrogens (tertiary/aromatic N) is 1. The summed E-state index contributed by atoms with van der Waals surface area (Å²) >= 11 is 1.54. The van der Waals surface area contributed by atoms with E-state index in [9.17, 15) is 14.7 Å². The molecule has 6 nitrogen and oxygen atoms in total. The lowest BCUT2D eigenvalue weighted by Gasteiger charge is -2.27. The third-order valence-corrected chi connectivity index (χ3v) is 4.67. The minimum Gasteiger partial charge on any atom is -0.480 e. The van der Waals surface area contributed by atoms with Gasteiger partial charge in [0, 0.05) is 18.9 Å². The van der Waals surface area contributed by atoms with Crippen LogP contribution in [0, 0.1) is 0 Å². The molecule has 2 N–H and O–H groups in total. The van der Waals surface area contributed by atoms with Crippen LogP contribution < -0.4 is 5.32 Å². The van der Waals surface area contributed by atoms with Crippen molar-refractivity contribution >= 4 is 23.8 Å². The highest BCUT2D eigenvalue weighted by molar-refractivity contribution is 8.00. The summed E-state index contributed by atoms with van der Waals surface area (Å²) in [6.45, 7) is 5.70. The van der Waals surface area contributed by atoms with Crippen LogP contribution in [0.15, 0.2) is 0 Å². The Morgan fingerprint density at radius 2 is 2.10 bits per heavy atom. The quantitative estimate of drug-likeness (QED) is 0.637. The predicted octanol–water partition coefficient (Wildman–Crippen LogP) is 2.14. The number of amides is 2. The van der Waals surface area contributed by atoms with Gasteiger partial charge in [-0.05, 0) is 12.8 Å². The summed E-state index contributed by atoms with van der Waals surface area (Å²) in [5, 5.41) is 11.9. The van der Waals surface area contributed by atoms with E-state index in [1.165, 1.54) is 4.90 Å². The number of carboxylic acids is 1. The fraction of sp³-hybridized carbons (Fsp3) is 0.857. The number of rotatable bonds is 9. The highest BCUT2D eigenvalue weighted by Gasteiger charge is 2.40. The summed E-state index contributed by atoms with van der Waals surface area (Å²) in [5.41, 5.74) is 0. The number of aliphatic carboxylic acids is 1. The Hall–Kier alpha value is -0.950. The predicted molar refractivity (Wildman–Crippen MR) is 83.5 cm³/mol. The van der Waals surface area contributed by atoms with Crippen LogP contribution in [-0.4, -0.2) is 58.9 Å². The van der Waals surface area contributed by atoms with Gasteiger partial charge in [-0.3, -0.25) is 4.90 Å². The Morgan fingerprint density at radius 3 is 2.71 bits per heavy atom. The monoisotopic (exact) mass is 318 g/mol. The largest absolute Gasteiger partial charge is 0.480 e. The van der Waals surface area contributed by atoms with Gasteiger partial charge in [-0.2, -0.15) is 0 Å². The molecule has 0 radical (unpaired) electrons. The number of carbonyl (C=O) groups is 2. The molecule has 0 bridgehead atoms. The van der Waals surface area contributed by atoms with E-state index in [2.05, 4.69) is 12.2 Å². The van der Waals surface area contributed by atoms with E-state index in [1.54, 1.807) is 11.8 Å². The molecule has 1 heterocycles. The van der Waals surface area contributed by atoms with Crippen molar-refractivity contribution in [2.24, 2.45) is 0 Å². The van der Waals surface area contributed by atoms with E-state index in [-0.39, 0.29) is 11.4 Å². The number of urea groups is 1. The Balaban J connectivity index is 2.41. The van der Waals surface area contributed by atoms with Crippen LogP contribution in [0.1, 0.15) is 39.5 Å². The first-order valence-corrected chi connectivity index (χ1v) is 8.65. The molecule has 1 aliphatic rings. The Bertz CT molecular complexity index is 341. The second kappa shape index (κ2) is 9.89. The fourth-order valence-electron chi connectivity index (χ4n) is 2.17. The lowest BCUT2D eigenvalue weighted by molar-refractivity contribution is -0.141. The SMILES string of the molecule is CCCCOCCNC(=O)N1C(CCC)SCC1C(=O)O. The molecule has 0 aromatic heterocycles. The number of hydrogen-bond acceptors (Lipinski definition) is 4. The van der Waals surface area contributed by atoms with E-state index >= 15 is 0 Å². The number of thioether (sulfide) groups is 1. The topological polar surface area (TPSA) is 78.9 Å². The third-order valence-electron chi connectivity index (χ3n) is 3.31. The van der Waals surface area contributed by atoms with Crippen LogP contribution in [0.4, 0.5) is 4.79 Å². The Kier molecular flexibility index (Phi) is 8.52. The fourth-order valence-corrected chi connectivity index (χ4v) is 3.68. The smallest absolute Gasteiger partial charge is 0.327 e. The Labute approximate surface area is 130 Å². The van der Waals surface area contributed by atoms with Crippen molar-refractivity contribution in [3.8, 4) is 0 Å². The van der Waals surface area contributed by atoms with Crippen molar-refractivity contribution in [1.29, 1.82) is 0 Å². The van der Waals surface area contributed by atoms with E-state index in [0.29, 0.717) is 25.5 Å². The van der Waals surface area contributed by atoms with E-state index in [1.807, 2.05) is 6.92 Å². The van der Waals surface area contributed by atoms with E-state index in [0.717, 1.165) is 25.7 Å². The highest BCUT2D eigenvalue weighted by atomic mass is 32.2. The van der Waals surface area contributed by atoms with Crippen molar-refractivity contribution in [1.82, 2.24) is 10.2 Å². The van der Waals surface area contributed by atoms with Crippen molar-refractivity contribution in [2.45, 2.75) is 50.9 Å². The molecule has 1 rings (SSSR count). The summed E-state index contributed by atoms with van der Waals surface area (Å²) in [6.07, 6.45) is 3.83. The maximum Gasteiger partial charge on any atom is 0.327 e. The zero-order valence-electron chi connectivity index (χ0n) is 12.8. The van der Waals surface area contributed by atoms with Gasteiger partial charge in [-0.1, -0.05) is 26.7 Å².